The molecule has 1 saturated heterocycles. The number of nitrogens with one attached hydrogen (secondary N) is 2. The van der Waals surface area contributed by atoms with Crippen molar-refractivity contribution in [3.05, 3.63) is 51.6 Å². The highest BCUT2D eigenvalue weighted by atomic mass is 32.1. The summed E-state index contributed by atoms with van der Waals surface area (Å²) < 4.78 is 3.87. The van der Waals surface area contributed by atoms with Crippen LogP contribution in [0.2, 0.25) is 0 Å². The van der Waals surface area contributed by atoms with E-state index >= 15 is 0 Å². The van der Waals surface area contributed by atoms with E-state index in [-0.39, 0.29) is 25.4 Å². The molecule has 10 nitrogen and oxygen atoms in total. The number of hydrogen-bond acceptors (Lipinski definition) is 9. The van der Waals surface area contributed by atoms with Gasteiger partial charge in [-0.3, -0.25) is 14.4 Å². The molecule has 3 aromatic rings. The number of carbonyl (C=O) groups is 3. The lowest BCUT2D eigenvalue weighted by atomic mass is 9.85. The van der Waals surface area contributed by atoms with Crippen molar-refractivity contribution in [3.63, 3.8) is 0 Å². The molecule has 208 valence electrons. The predicted octanol–water partition coefficient (Wildman–Crippen LogP) is 2.96. The summed E-state index contributed by atoms with van der Waals surface area (Å²) >= 11 is 2.57. The molecule has 3 atom stereocenters. The summed E-state index contributed by atoms with van der Waals surface area (Å²) in [6.07, 6.45) is -0.160. The van der Waals surface area contributed by atoms with E-state index in [0.717, 1.165) is 33.2 Å². The standard InChI is InChI=1S/C27H34N6O4S2/c1-6-19-22(39-32-31-19)25(36)30-23(27(3,4)5)26(37)33-13-18(34)11-20(33)24(35)28-12-16-7-9-17(10-8-16)21-15(2)29-14-38-21/h7-10,14,18,20,23,34H,6,11-13H2,1-5H3,(H,28,35)(H,30,36)/t18-,20+,23-/m1/s1. The van der Waals surface area contributed by atoms with Gasteiger partial charge in [0.25, 0.3) is 5.91 Å². The van der Waals surface area contributed by atoms with E-state index < -0.39 is 35.4 Å². The van der Waals surface area contributed by atoms with Gasteiger partial charge in [0, 0.05) is 19.5 Å². The third kappa shape index (κ3) is 6.51. The third-order valence-corrected chi connectivity index (χ3v) is 8.52. The fourth-order valence-electron chi connectivity index (χ4n) is 4.59. The molecular formula is C27H34N6O4S2. The number of aliphatic hydroxyl groups excluding tert-OH is 1. The second kappa shape index (κ2) is 11.9. The number of aromatic nitrogens is 3. The number of β-amino-alcohol motifs (C(OH)–C–C–N with tert-alkyl or cyclic N) is 1. The van der Waals surface area contributed by atoms with Gasteiger partial charge in [0.15, 0.2) is 0 Å². The molecule has 39 heavy (non-hydrogen) atoms. The molecule has 3 N–H and O–H groups in total. The first-order valence-electron chi connectivity index (χ1n) is 12.9. The lowest BCUT2D eigenvalue weighted by Gasteiger charge is -2.35. The molecule has 1 fully saturated rings. The van der Waals surface area contributed by atoms with Crippen molar-refractivity contribution in [1.82, 2.24) is 30.1 Å². The summed E-state index contributed by atoms with van der Waals surface area (Å²) in [6.45, 7) is 9.70. The molecule has 0 aliphatic carbocycles. The molecule has 0 unspecified atom stereocenters. The van der Waals surface area contributed by atoms with Gasteiger partial charge in [-0.05, 0) is 41.4 Å². The Labute approximate surface area is 236 Å². The molecule has 1 aromatic carbocycles. The van der Waals surface area contributed by atoms with Crippen LogP contribution in [0.4, 0.5) is 0 Å². The minimum absolute atomic E-state index is 0.0184. The zero-order valence-electron chi connectivity index (χ0n) is 22.7. The molecule has 1 aliphatic rings. The van der Waals surface area contributed by atoms with Crippen LogP contribution in [0.3, 0.4) is 0 Å². The summed E-state index contributed by atoms with van der Waals surface area (Å²) in [5, 5.41) is 20.1. The Morgan fingerprint density at radius 3 is 2.54 bits per heavy atom. The minimum Gasteiger partial charge on any atom is -0.391 e. The number of aryl methyl sites for hydroxylation is 2. The zero-order chi connectivity index (χ0) is 28.3. The molecule has 12 heteroatoms. The maximum Gasteiger partial charge on any atom is 0.265 e. The van der Waals surface area contributed by atoms with Gasteiger partial charge in [-0.25, -0.2) is 4.98 Å². The summed E-state index contributed by atoms with van der Waals surface area (Å²) in [5.74, 6) is -1.18. The number of benzene rings is 1. The van der Waals surface area contributed by atoms with Crippen LogP contribution in [0.5, 0.6) is 0 Å². The highest BCUT2D eigenvalue weighted by Crippen LogP contribution is 2.28. The Hall–Kier alpha value is -3.22. The van der Waals surface area contributed by atoms with Crippen molar-refractivity contribution < 1.29 is 19.5 Å². The monoisotopic (exact) mass is 570 g/mol. The molecule has 0 radical (unpaired) electrons. The average Bonchev–Trinajstić information content (AvgIpc) is 3.64. The SMILES string of the molecule is CCc1nnsc1C(=O)N[C@H](C(=O)N1C[C@H](O)C[C@H]1C(=O)NCc1ccc(-c2scnc2C)cc1)C(C)(C)C. The second-order valence-corrected chi connectivity index (χ2v) is 12.4. The number of nitrogens with zero attached hydrogens (tertiary/aromatic N) is 4. The van der Waals surface area contributed by atoms with Crippen LogP contribution < -0.4 is 10.6 Å². The third-order valence-electron chi connectivity index (χ3n) is 6.78. The normalized spacial score (nSPS) is 18.2. The molecule has 1 aliphatic heterocycles. The van der Waals surface area contributed by atoms with Gasteiger partial charge in [-0.2, -0.15) is 0 Å². The molecular weight excluding hydrogens is 536 g/mol. The molecule has 2 aromatic heterocycles. The van der Waals surface area contributed by atoms with Crippen molar-refractivity contribution in [2.75, 3.05) is 6.54 Å². The first-order valence-corrected chi connectivity index (χ1v) is 14.5. The molecule has 4 rings (SSSR count). The van der Waals surface area contributed by atoms with Crippen molar-refractivity contribution in [2.24, 2.45) is 5.41 Å². The summed E-state index contributed by atoms with van der Waals surface area (Å²) in [6, 6.07) is 6.13. The Kier molecular flexibility index (Phi) is 8.77. The van der Waals surface area contributed by atoms with Crippen LogP contribution >= 0.6 is 22.9 Å². The number of hydrogen-bond donors (Lipinski definition) is 3. The van der Waals surface area contributed by atoms with E-state index in [1.165, 1.54) is 4.90 Å². The Morgan fingerprint density at radius 2 is 1.92 bits per heavy atom. The highest BCUT2D eigenvalue weighted by Gasteiger charge is 2.44. The van der Waals surface area contributed by atoms with Gasteiger partial charge < -0.3 is 20.6 Å². The Morgan fingerprint density at radius 1 is 1.21 bits per heavy atom. The summed E-state index contributed by atoms with van der Waals surface area (Å²) in [5.41, 5.74) is 4.69. The number of amides is 3. The maximum absolute atomic E-state index is 13.8. The first kappa shape index (κ1) is 28.8. The van der Waals surface area contributed by atoms with Gasteiger partial charge in [0.2, 0.25) is 11.8 Å². The van der Waals surface area contributed by atoms with E-state index in [2.05, 4.69) is 25.2 Å². The minimum atomic E-state index is -0.917. The van der Waals surface area contributed by atoms with Gasteiger partial charge in [-0.15, -0.1) is 16.4 Å². The molecule has 3 amide bonds. The van der Waals surface area contributed by atoms with Crippen molar-refractivity contribution >= 4 is 40.6 Å². The number of rotatable bonds is 8. The lowest BCUT2D eigenvalue weighted by molar-refractivity contribution is -0.142. The van der Waals surface area contributed by atoms with Crippen LogP contribution in [0.15, 0.2) is 29.8 Å². The van der Waals surface area contributed by atoms with Crippen LogP contribution in [0.1, 0.15) is 60.7 Å². The van der Waals surface area contributed by atoms with E-state index in [1.807, 2.05) is 64.4 Å². The van der Waals surface area contributed by atoms with Crippen LogP contribution in [0, 0.1) is 12.3 Å². The Balaban J connectivity index is 1.44. The van der Waals surface area contributed by atoms with Gasteiger partial charge in [0.05, 0.1) is 27.9 Å². The smallest absolute Gasteiger partial charge is 0.265 e. The molecule has 0 saturated carbocycles. The van der Waals surface area contributed by atoms with Crippen molar-refractivity contribution in [3.8, 4) is 10.4 Å². The van der Waals surface area contributed by atoms with E-state index in [0.29, 0.717) is 17.0 Å². The first-order chi connectivity index (χ1) is 18.5. The fourth-order valence-corrected chi connectivity index (χ4v) is 6.05. The number of carbonyl (C=O) groups excluding carboxylic acids is 3. The van der Waals surface area contributed by atoms with Crippen LogP contribution in [-0.4, -0.2) is 67.0 Å². The van der Waals surface area contributed by atoms with Crippen molar-refractivity contribution in [1.29, 1.82) is 0 Å². The van der Waals surface area contributed by atoms with Gasteiger partial charge in [-0.1, -0.05) is 56.4 Å². The fraction of sp³-hybridized carbons (Fsp3) is 0.481. The molecule has 3 heterocycles. The van der Waals surface area contributed by atoms with E-state index in [4.69, 9.17) is 0 Å². The van der Waals surface area contributed by atoms with Gasteiger partial charge in [0.1, 0.15) is 17.0 Å². The van der Waals surface area contributed by atoms with E-state index in [9.17, 15) is 19.5 Å². The zero-order valence-corrected chi connectivity index (χ0v) is 24.4. The largest absolute Gasteiger partial charge is 0.391 e. The molecule has 0 bridgehead atoms. The predicted molar refractivity (Wildman–Crippen MR) is 150 cm³/mol. The average molecular weight is 571 g/mol. The van der Waals surface area contributed by atoms with E-state index in [1.54, 1.807) is 11.3 Å². The second-order valence-electron chi connectivity index (χ2n) is 10.8. The molecule has 0 spiro atoms. The highest BCUT2D eigenvalue weighted by molar-refractivity contribution is 7.13. The maximum atomic E-state index is 13.8. The Bertz CT molecular complexity index is 1330. The lowest BCUT2D eigenvalue weighted by Crippen LogP contribution is -2.57. The topological polar surface area (TPSA) is 137 Å². The van der Waals surface area contributed by atoms with Crippen molar-refractivity contribution in [2.45, 2.75) is 72.2 Å². The van der Waals surface area contributed by atoms with Crippen LogP contribution in [-0.2, 0) is 22.6 Å². The quantitative estimate of drug-likeness (QED) is 0.379. The summed E-state index contributed by atoms with van der Waals surface area (Å²) in [7, 11) is 0. The number of thiazole rings is 1. The van der Waals surface area contributed by atoms with Gasteiger partial charge >= 0.3 is 0 Å². The summed E-state index contributed by atoms with van der Waals surface area (Å²) in [4.78, 5) is 47.2. The van der Waals surface area contributed by atoms with Crippen LogP contribution in [0.25, 0.3) is 10.4 Å². The number of aliphatic hydroxyl groups is 1. The number of likely N-dealkylation sites (tertiary alicyclic amines) is 1.